The molecule has 0 aliphatic rings. The zero-order chi connectivity index (χ0) is 10.3. The van der Waals surface area contributed by atoms with E-state index in [4.69, 9.17) is 0 Å². The third-order valence-corrected chi connectivity index (χ3v) is 1.78. The number of amides is 1. The maximum absolute atomic E-state index is 9.70. The molecule has 0 unspecified atom stereocenters. The predicted octanol–water partition coefficient (Wildman–Crippen LogP) is 2.06. The van der Waals surface area contributed by atoms with Crippen molar-refractivity contribution < 1.29 is 4.79 Å². The molecule has 1 aromatic rings. The van der Waals surface area contributed by atoms with E-state index in [2.05, 4.69) is 43.4 Å². The molecule has 0 atom stereocenters. The van der Waals surface area contributed by atoms with E-state index in [-0.39, 0.29) is 5.91 Å². The summed E-state index contributed by atoms with van der Waals surface area (Å²) in [6.45, 7) is 5.71. The first-order chi connectivity index (χ1) is 6.07. The van der Waals surface area contributed by atoms with Gasteiger partial charge in [-0.2, -0.15) is 0 Å². The highest BCUT2D eigenvalue weighted by molar-refractivity contribution is 5.72. The fourth-order valence-electron chi connectivity index (χ4n) is 0.663. The second-order valence-electron chi connectivity index (χ2n) is 2.89. The van der Waals surface area contributed by atoms with Crippen LogP contribution in [0.15, 0.2) is 24.3 Å². The first-order valence-electron chi connectivity index (χ1n) is 4.28. The molecular formula is C11H17NO. The van der Waals surface area contributed by atoms with Gasteiger partial charge in [-0.3, -0.25) is 4.79 Å². The Balaban J connectivity index is 0.000000252. The third kappa shape index (κ3) is 5.91. The second kappa shape index (κ2) is 6.23. The molecule has 1 rings (SSSR count). The number of hydrogen-bond acceptors (Lipinski definition) is 1. The predicted molar refractivity (Wildman–Crippen MR) is 55.7 cm³/mol. The van der Waals surface area contributed by atoms with Gasteiger partial charge in [0.2, 0.25) is 5.91 Å². The Morgan fingerprint density at radius 2 is 1.46 bits per heavy atom. The molecule has 0 aliphatic carbocycles. The monoisotopic (exact) mass is 179 g/mol. The van der Waals surface area contributed by atoms with E-state index in [9.17, 15) is 4.79 Å². The SMILES string of the molecule is CNC(C)=O.Cc1ccccc1C. The van der Waals surface area contributed by atoms with Crippen LogP contribution in [0.25, 0.3) is 0 Å². The van der Waals surface area contributed by atoms with Gasteiger partial charge in [-0.25, -0.2) is 0 Å². The largest absolute Gasteiger partial charge is 0.359 e. The zero-order valence-corrected chi connectivity index (χ0v) is 8.72. The Bertz CT molecular complexity index is 248. The van der Waals surface area contributed by atoms with Crippen LogP contribution in [0.2, 0.25) is 0 Å². The van der Waals surface area contributed by atoms with Crippen molar-refractivity contribution in [1.29, 1.82) is 0 Å². The van der Waals surface area contributed by atoms with Crippen molar-refractivity contribution in [3.05, 3.63) is 35.4 Å². The fraction of sp³-hybridized carbons (Fsp3) is 0.364. The van der Waals surface area contributed by atoms with Gasteiger partial charge in [0, 0.05) is 14.0 Å². The Kier molecular flexibility index (Phi) is 5.60. The van der Waals surface area contributed by atoms with Crippen LogP contribution in [0.5, 0.6) is 0 Å². The Labute approximate surface area is 80.0 Å². The summed E-state index contributed by atoms with van der Waals surface area (Å²) in [6.07, 6.45) is 0. The van der Waals surface area contributed by atoms with Crippen LogP contribution < -0.4 is 5.32 Å². The number of benzene rings is 1. The molecule has 0 saturated carbocycles. The molecule has 2 nitrogen and oxygen atoms in total. The van der Waals surface area contributed by atoms with Gasteiger partial charge in [-0.1, -0.05) is 24.3 Å². The van der Waals surface area contributed by atoms with E-state index in [1.54, 1.807) is 7.05 Å². The molecule has 0 spiro atoms. The van der Waals surface area contributed by atoms with Crippen LogP contribution in [-0.2, 0) is 4.79 Å². The minimum Gasteiger partial charge on any atom is -0.359 e. The van der Waals surface area contributed by atoms with Gasteiger partial charge >= 0.3 is 0 Å². The van der Waals surface area contributed by atoms with Crippen molar-refractivity contribution in [3.8, 4) is 0 Å². The van der Waals surface area contributed by atoms with Gasteiger partial charge in [-0.05, 0) is 25.0 Å². The molecular weight excluding hydrogens is 162 g/mol. The highest BCUT2D eigenvalue weighted by atomic mass is 16.1. The second-order valence-corrected chi connectivity index (χ2v) is 2.89. The molecule has 0 fully saturated rings. The summed E-state index contributed by atoms with van der Waals surface area (Å²) in [5.41, 5.74) is 2.74. The van der Waals surface area contributed by atoms with Crippen LogP contribution in [0.3, 0.4) is 0 Å². The highest BCUT2D eigenvalue weighted by Gasteiger charge is 1.83. The van der Waals surface area contributed by atoms with E-state index in [0.29, 0.717) is 0 Å². The van der Waals surface area contributed by atoms with Gasteiger partial charge < -0.3 is 5.32 Å². The van der Waals surface area contributed by atoms with Crippen molar-refractivity contribution in [2.45, 2.75) is 20.8 Å². The van der Waals surface area contributed by atoms with Crippen molar-refractivity contribution in [3.63, 3.8) is 0 Å². The maximum atomic E-state index is 9.70. The molecule has 13 heavy (non-hydrogen) atoms. The summed E-state index contributed by atoms with van der Waals surface area (Å²) in [5.74, 6) is 0.00463. The van der Waals surface area contributed by atoms with Gasteiger partial charge in [0.1, 0.15) is 0 Å². The molecule has 0 bridgehead atoms. The topological polar surface area (TPSA) is 29.1 Å². The lowest BCUT2D eigenvalue weighted by Gasteiger charge is -1.93. The highest BCUT2D eigenvalue weighted by Crippen LogP contribution is 2.02. The fourth-order valence-corrected chi connectivity index (χ4v) is 0.663. The van der Waals surface area contributed by atoms with Gasteiger partial charge in [0.15, 0.2) is 0 Å². The first-order valence-corrected chi connectivity index (χ1v) is 4.28. The molecule has 1 aromatic carbocycles. The Morgan fingerprint density at radius 3 is 1.62 bits per heavy atom. The molecule has 0 aliphatic heterocycles. The Morgan fingerprint density at radius 1 is 1.15 bits per heavy atom. The smallest absolute Gasteiger partial charge is 0.216 e. The lowest BCUT2D eigenvalue weighted by molar-refractivity contribution is -0.118. The van der Waals surface area contributed by atoms with E-state index >= 15 is 0 Å². The van der Waals surface area contributed by atoms with Gasteiger partial charge in [0.25, 0.3) is 0 Å². The summed E-state index contributed by atoms with van der Waals surface area (Å²) < 4.78 is 0. The van der Waals surface area contributed by atoms with Gasteiger partial charge in [-0.15, -0.1) is 0 Å². The number of hydrogen-bond donors (Lipinski definition) is 1. The maximum Gasteiger partial charge on any atom is 0.216 e. The number of rotatable bonds is 0. The molecule has 0 heterocycles. The molecule has 0 aromatic heterocycles. The van der Waals surface area contributed by atoms with E-state index < -0.39 is 0 Å². The lowest BCUT2D eigenvalue weighted by Crippen LogP contribution is -2.11. The summed E-state index contributed by atoms with van der Waals surface area (Å²) in [6, 6.07) is 8.36. The quantitative estimate of drug-likeness (QED) is 0.649. The lowest BCUT2D eigenvalue weighted by atomic mass is 10.1. The van der Waals surface area contributed by atoms with Crippen molar-refractivity contribution in [1.82, 2.24) is 5.32 Å². The molecule has 72 valence electrons. The van der Waals surface area contributed by atoms with Crippen LogP contribution in [0.1, 0.15) is 18.1 Å². The first kappa shape index (κ1) is 11.7. The van der Waals surface area contributed by atoms with Crippen molar-refractivity contribution in [2.75, 3.05) is 7.05 Å². The normalized spacial score (nSPS) is 8.31. The average Bonchev–Trinajstić information content (AvgIpc) is 2.11. The molecule has 1 N–H and O–H groups in total. The number of nitrogens with one attached hydrogen (secondary N) is 1. The third-order valence-electron chi connectivity index (χ3n) is 1.78. The Hall–Kier alpha value is -1.31. The minimum atomic E-state index is 0.00463. The molecule has 2 heteroatoms. The summed E-state index contributed by atoms with van der Waals surface area (Å²) in [4.78, 5) is 9.70. The number of carbonyl (C=O) groups excluding carboxylic acids is 1. The van der Waals surface area contributed by atoms with Crippen LogP contribution in [0.4, 0.5) is 0 Å². The minimum absolute atomic E-state index is 0.00463. The zero-order valence-electron chi connectivity index (χ0n) is 8.72. The summed E-state index contributed by atoms with van der Waals surface area (Å²) in [7, 11) is 1.60. The molecule has 0 radical (unpaired) electrons. The van der Waals surface area contributed by atoms with E-state index in [0.717, 1.165) is 0 Å². The number of aryl methyl sites for hydroxylation is 2. The standard InChI is InChI=1S/C8H10.C3H7NO/c1-7-5-3-4-6-8(7)2;1-3(5)4-2/h3-6H,1-2H3;1-2H3,(H,4,5). The van der Waals surface area contributed by atoms with E-state index in [1.165, 1.54) is 18.1 Å². The average molecular weight is 179 g/mol. The van der Waals surface area contributed by atoms with Crippen LogP contribution in [-0.4, -0.2) is 13.0 Å². The summed E-state index contributed by atoms with van der Waals surface area (Å²) >= 11 is 0. The van der Waals surface area contributed by atoms with Crippen molar-refractivity contribution in [2.24, 2.45) is 0 Å². The molecule has 1 amide bonds. The van der Waals surface area contributed by atoms with E-state index in [1.807, 2.05) is 0 Å². The summed E-state index contributed by atoms with van der Waals surface area (Å²) in [5, 5.41) is 2.39. The van der Waals surface area contributed by atoms with Crippen LogP contribution >= 0.6 is 0 Å². The van der Waals surface area contributed by atoms with Crippen LogP contribution in [0, 0.1) is 13.8 Å². The molecule has 0 saturated heterocycles. The van der Waals surface area contributed by atoms with Crippen molar-refractivity contribution >= 4 is 5.91 Å². The van der Waals surface area contributed by atoms with Gasteiger partial charge in [0.05, 0.1) is 0 Å². The number of carbonyl (C=O) groups is 1.